The van der Waals surface area contributed by atoms with Crippen LogP contribution in [-0.2, 0) is 0 Å². The van der Waals surface area contributed by atoms with Gasteiger partial charge in [-0.05, 0) is 48.2 Å². The van der Waals surface area contributed by atoms with Gasteiger partial charge in [0.25, 0.3) is 0 Å². The zero-order chi connectivity index (χ0) is 21.5. The first-order valence-electron chi connectivity index (χ1n) is 10.2. The maximum Gasteiger partial charge on any atom is 0.188 e. The summed E-state index contributed by atoms with van der Waals surface area (Å²) >= 11 is 1.68. The summed E-state index contributed by atoms with van der Waals surface area (Å²) in [5.41, 5.74) is 4.59. The molecule has 0 aliphatic rings. The molecule has 0 aliphatic carbocycles. The minimum absolute atomic E-state index is 0.206. The predicted molar refractivity (Wildman–Crippen MR) is 124 cm³/mol. The van der Waals surface area contributed by atoms with E-state index in [4.69, 9.17) is 5.11 Å². The van der Waals surface area contributed by atoms with Gasteiger partial charge in [0.05, 0.1) is 16.3 Å². The van der Waals surface area contributed by atoms with Crippen LogP contribution in [0.4, 0.5) is 10.8 Å². The Morgan fingerprint density at radius 3 is 2.43 bits per heavy atom. The Bertz CT molecular complexity index is 1040. The first kappa shape index (κ1) is 21.9. The fourth-order valence-corrected chi connectivity index (χ4v) is 4.69. The van der Waals surface area contributed by atoms with E-state index in [2.05, 4.69) is 83.6 Å². The van der Waals surface area contributed by atoms with Crippen molar-refractivity contribution in [1.82, 2.24) is 19.7 Å². The van der Waals surface area contributed by atoms with Crippen LogP contribution in [0.25, 0.3) is 10.2 Å². The van der Waals surface area contributed by atoms with Gasteiger partial charge in [-0.2, -0.15) is 5.10 Å². The van der Waals surface area contributed by atoms with Crippen LogP contribution in [0.15, 0.2) is 55.1 Å². The molecule has 2 aromatic heterocycles. The van der Waals surface area contributed by atoms with Crippen molar-refractivity contribution in [2.45, 2.75) is 39.7 Å². The van der Waals surface area contributed by atoms with Gasteiger partial charge in [0.15, 0.2) is 5.13 Å². The van der Waals surface area contributed by atoms with Crippen LogP contribution < -0.4 is 5.32 Å². The number of thiazole rings is 1. The van der Waals surface area contributed by atoms with Gasteiger partial charge >= 0.3 is 0 Å². The van der Waals surface area contributed by atoms with Gasteiger partial charge < -0.3 is 10.4 Å². The largest absolute Gasteiger partial charge is 0.400 e. The van der Waals surface area contributed by atoms with Crippen molar-refractivity contribution in [3.05, 3.63) is 66.2 Å². The number of aryl methyl sites for hydroxylation is 1. The number of benzene rings is 2. The predicted octanol–water partition coefficient (Wildman–Crippen LogP) is 5.57. The molecule has 6 nitrogen and oxygen atoms in total. The molecule has 0 saturated carbocycles. The van der Waals surface area contributed by atoms with Crippen LogP contribution in [0.2, 0.25) is 0 Å². The number of aliphatic hydroxyl groups is 1. The molecule has 158 valence electrons. The number of hydrogen-bond donors (Lipinski definition) is 2. The third-order valence-electron chi connectivity index (χ3n) is 5.26. The van der Waals surface area contributed by atoms with Gasteiger partial charge in [0.2, 0.25) is 0 Å². The molecule has 0 aliphatic heterocycles. The number of aromatic nitrogens is 4. The van der Waals surface area contributed by atoms with Crippen molar-refractivity contribution < 1.29 is 5.11 Å². The van der Waals surface area contributed by atoms with Gasteiger partial charge in [-0.1, -0.05) is 56.2 Å². The number of anilines is 2. The molecule has 4 rings (SSSR count). The first-order chi connectivity index (χ1) is 14.7. The number of hydrogen-bond acceptors (Lipinski definition) is 6. The number of nitrogens with zero attached hydrogens (tertiary/aromatic N) is 4. The monoisotopic (exact) mass is 423 g/mol. The zero-order valence-electron chi connectivity index (χ0n) is 17.9. The average Bonchev–Trinajstić information content (AvgIpc) is 3.43. The normalized spacial score (nSPS) is 11.9. The van der Waals surface area contributed by atoms with Crippen LogP contribution in [0.3, 0.4) is 0 Å². The molecule has 2 aromatic carbocycles. The summed E-state index contributed by atoms with van der Waals surface area (Å²) in [6.45, 7) is 6.59. The average molecular weight is 424 g/mol. The SMILES string of the molecule is CCC(CC)C(c1ccc(Nc2nc3ccc(C)cc3s2)cc1)n1cncn1.CO. The van der Waals surface area contributed by atoms with Gasteiger partial charge in [0.1, 0.15) is 12.7 Å². The molecule has 1 unspecified atom stereocenters. The molecule has 7 heteroatoms. The number of nitrogens with one attached hydrogen (secondary N) is 1. The Kier molecular flexibility index (Phi) is 7.54. The molecule has 2 N–H and O–H groups in total. The summed E-state index contributed by atoms with van der Waals surface area (Å²) < 4.78 is 3.19. The Hall–Kier alpha value is -2.77. The molecule has 0 bridgehead atoms. The van der Waals surface area contributed by atoms with Crippen LogP contribution in [0.5, 0.6) is 0 Å². The number of rotatable bonds is 7. The molecule has 0 spiro atoms. The molecule has 1 atom stereocenters. The third-order valence-corrected chi connectivity index (χ3v) is 6.20. The van der Waals surface area contributed by atoms with E-state index < -0.39 is 0 Å². The smallest absolute Gasteiger partial charge is 0.188 e. The highest BCUT2D eigenvalue weighted by molar-refractivity contribution is 7.22. The summed E-state index contributed by atoms with van der Waals surface area (Å²) in [5.74, 6) is 0.521. The highest BCUT2D eigenvalue weighted by Gasteiger charge is 2.23. The van der Waals surface area contributed by atoms with Crippen LogP contribution >= 0.6 is 11.3 Å². The van der Waals surface area contributed by atoms with Crippen molar-refractivity contribution in [3.8, 4) is 0 Å². The summed E-state index contributed by atoms with van der Waals surface area (Å²) in [5, 5.41) is 15.8. The van der Waals surface area contributed by atoms with Crippen molar-refractivity contribution in [3.63, 3.8) is 0 Å². The van der Waals surface area contributed by atoms with E-state index in [0.717, 1.165) is 36.3 Å². The Morgan fingerprint density at radius 1 is 1.07 bits per heavy atom. The Balaban J connectivity index is 0.00000124. The van der Waals surface area contributed by atoms with Crippen molar-refractivity contribution in [2.75, 3.05) is 12.4 Å². The lowest BCUT2D eigenvalue weighted by Gasteiger charge is -2.26. The van der Waals surface area contributed by atoms with Crippen LogP contribution in [0.1, 0.15) is 43.9 Å². The third kappa shape index (κ3) is 4.86. The molecule has 0 amide bonds. The second-order valence-electron chi connectivity index (χ2n) is 7.13. The molecule has 2 heterocycles. The second-order valence-corrected chi connectivity index (χ2v) is 8.16. The Labute approximate surface area is 181 Å². The highest BCUT2D eigenvalue weighted by atomic mass is 32.1. The van der Waals surface area contributed by atoms with E-state index >= 15 is 0 Å². The molecule has 4 aromatic rings. The second kappa shape index (κ2) is 10.3. The van der Waals surface area contributed by atoms with E-state index in [1.807, 2.05) is 11.0 Å². The van der Waals surface area contributed by atoms with Gasteiger partial charge in [-0.15, -0.1) is 0 Å². The van der Waals surface area contributed by atoms with E-state index in [1.165, 1.54) is 15.8 Å². The standard InChI is InChI=1S/C22H25N5S.CH4O/c1-4-16(5-2)21(27-14-23-13-24-27)17-7-9-18(10-8-17)25-22-26-19-11-6-15(3)12-20(19)28-22;1-2/h6-14,16,21H,4-5H2,1-3H3,(H,25,26);2H,1H3. The van der Waals surface area contributed by atoms with Crippen molar-refractivity contribution >= 4 is 32.4 Å². The van der Waals surface area contributed by atoms with Gasteiger partial charge in [0, 0.05) is 12.8 Å². The molecule has 0 fully saturated rings. The van der Waals surface area contributed by atoms with Crippen molar-refractivity contribution in [1.29, 1.82) is 0 Å². The molecule has 0 radical (unpaired) electrons. The fourth-order valence-electron chi connectivity index (χ4n) is 3.71. The minimum atomic E-state index is 0.206. The highest BCUT2D eigenvalue weighted by Crippen LogP contribution is 2.33. The van der Waals surface area contributed by atoms with E-state index in [0.29, 0.717) is 5.92 Å². The van der Waals surface area contributed by atoms with E-state index in [-0.39, 0.29) is 6.04 Å². The quantitative estimate of drug-likeness (QED) is 0.406. The summed E-state index contributed by atoms with van der Waals surface area (Å²) in [6, 6.07) is 15.2. The lowest BCUT2D eigenvalue weighted by Crippen LogP contribution is -2.20. The van der Waals surface area contributed by atoms with Gasteiger partial charge in [-0.25, -0.2) is 14.6 Å². The number of aliphatic hydroxyl groups excluding tert-OH is 1. The summed E-state index contributed by atoms with van der Waals surface area (Å²) in [4.78, 5) is 8.84. The zero-order valence-corrected chi connectivity index (χ0v) is 18.7. The molecule has 30 heavy (non-hydrogen) atoms. The molecular formula is C23H29N5OS. The maximum atomic E-state index is 7.00. The number of fused-ring (bicyclic) bond motifs is 1. The topological polar surface area (TPSA) is 75.9 Å². The van der Waals surface area contributed by atoms with E-state index in [1.54, 1.807) is 17.7 Å². The van der Waals surface area contributed by atoms with Crippen LogP contribution in [0, 0.1) is 12.8 Å². The first-order valence-corrected chi connectivity index (χ1v) is 11.0. The van der Waals surface area contributed by atoms with E-state index in [9.17, 15) is 0 Å². The lowest BCUT2D eigenvalue weighted by molar-refractivity contribution is 0.332. The molecular weight excluding hydrogens is 394 g/mol. The van der Waals surface area contributed by atoms with Crippen molar-refractivity contribution in [2.24, 2.45) is 5.92 Å². The van der Waals surface area contributed by atoms with Gasteiger partial charge in [-0.3, -0.25) is 0 Å². The minimum Gasteiger partial charge on any atom is -0.400 e. The maximum absolute atomic E-state index is 7.00. The summed E-state index contributed by atoms with van der Waals surface area (Å²) in [6.07, 6.45) is 5.64. The summed E-state index contributed by atoms with van der Waals surface area (Å²) in [7, 11) is 1.00. The Morgan fingerprint density at radius 2 is 1.80 bits per heavy atom. The van der Waals surface area contributed by atoms with Crippen LogP contribution in [-0.4, -0.2) is 32.0 Å². The molecule has 0 saturated heterocycles. The lowest BCUT2D eigenvalue weighted by atomic mass is 9.89. The fraction of sp³-hybridized carbons (Fsp3) is 0.348.